The van der Waals surface area contributed by atoms with Gasteiger partial charge in [-0.1, -0.05) is 44.3 Å². The predicted molar refractivity (Wildman–Crippen MR) is 95.0 cm³/mol. The van der Waals surface area contributed by atoms with Crippen molar-refractivity contribution in [1.29, 1.82) is 0 Å². The van der Waals surface area contributed by atoms with Crippen molar-refractivity contribution in [3.63, 3.8) is 0 Å². The Balaban J connectivity index is 2.63. The summed E-state index contributed by atoms with van der Waals surface area (Å²) in [6, 6.07) is 10.5. The molecule has 0 saturated heterocycles. The standard InChI is InChI=1S/C17H23N3S/c1-11(2)10-20(12(3)4)17-14(16(18)21)9-13-7-5-6-8-15(13)19-17/h5-9,11-12H,10H2,1-4H3,(H2,18,21). The summed E-state index contributed by atoms with van der Waals surface area (Å²) in [7, 11) is 0. The lowest BCUT2D eigenvalue weighted by atomic mass is 10.1. The Labute approximate surface area is 132 Å². The van der Waals surface area contributed by atoms with E-state index in [1.165, 1.54) is 0 Å². The highest BCUT2D eigenvalue weighted by molar-refractivity contribution is 7.80. The zero-order valence-electron chi connectivity index (χ0n) is 13.1. The molecule has 0 spiro atoms. The van der Waals surface area contributed by atoms with Gasteiger partial charge in [-0.2, -0.15) is 0 Å². The van der Waals surface area contributed by atoms with Gasteiger partial charge in [0.2, 0.25) is 0 Å². The first-order valence-electron chi connectivity index (χ1n) is 7.36. The maximum Gasteiger partial charge on any atom is 0.139 e. The number of fused-ring (bicyclic) bond motifs is 1. The number of pyridine rings is 1. The van der Waals surface area contributed by atoms with Crippen molar-refractivity contribution in [3.8, 4) is 0 Å². The van der Waals surface area contributed by atoms with E-state index in [1.54, 1.807) is 0 Å². The molecule has 0 amide bonds. The Kier molecular flexibility index (Phi) is 4.78. The van der Waals surface area contributed by atoms with Gasteiger partial charge in [-0.05, 0) is 31.9 Å². The van der Waals surface area contributed by atoms with Gasteiger partial charge in [-0.15, -0.1) is 0 Å². The van der Waals surface area contributed by atoms with Crippen molar-refractivity contribution in [1.82, 2.24) is 4.98 Å². The minimum Gasteiger partial charge on any atom is -0.389 e. The molecule has 112 valence electrons. The molecule has 0 unspecified atom stereocenters. The number of thiocarbonyl (C=S) groups is 1. The van der Waals surface area contributed by atoms with Gasteiger partial charge in [-0.3, -0.25) is 0 Å². The molecule has 3 nitrogen and oxygen atoms in total. The molecule has 21 heavy (non-hydrogen) atoms. The van der Waals surface area contributed by atoms with Gasteiger partial charge in [0, 0.05) is 18.0 Å². The maximum absolute atomic E-state index is 5.94. The number of hydrogen-bond donors (Lipinski definition) is 1. The van der Waals surface area contributed by atoms with E-state index in [9.17, 15) is 0 Å². The summed E-state index contributed by atoms with van der Waals surface area (Å²) in [5, 5.41) is 1.07. The van der Waals surface area contributed by atoms with Crippen molar-refractivity contribution >= 4 is 33.9 Å². The summed E-state index contributed by atoms with van der Waals surface area (Å²) in [6.07, 6.45) is 0. The van der Waals surface area contributed by atoms with Crippen LogP contribution in [0, 0.1) is 5.92 Å². The van der Waals surface area contributed by atoms with E-state index in [-0.39, 0.29) is 0 Å². The quantitative estimate of drug-likeness (QED) is 0.854. The minimum atomic E-state index is 0.342. The molecule has 0 atom stereocenters. The number of rotatable bonds is 5. The lowest BCUT2D eigenvalue weighted by molar-refractivity contribution is 0.566. The van der Waals surface area contributed by atoms with Gasteiger partial charge in [0.05, 0.1) is 11.1 Å². The topological polar surface area (TPSA) is 42.2 Å². The Morgan fingerprint density at radius 1 is 1.24 bits per heavy atom. The van der Waals surface area contributed by atoms with E-state index in [1.807, 2.05) is 24.3 Å². The highest BCUT2D eigenvalue weighted by Gasteiger charge is 2.19. The van der Waals surface area contributed by atoms with Gasteiger partial charge in [0.25, 0.3) is 0 Å². The van der Waals surface area contributed by atoms with Crippen molar-refractivity contribution in [3.05, 3.63) is 35.9 Å². The Hall–Kier alpha value is -1.68. The average Bonchev–Trinajstić information content (AvgIpc) is 2.42. The first-order chi connectivity index (χ1) is 9.90. The summed E-state index contributed by atoms with van der Waals surface area (Å²) in [6.45, 7) is 9.68. The van der Waals surface area contributed by atoms with Crippen LogP contribution >= 0.6 is 12.2 Å². The number of benzene rings is 1. The summed E-state index contributed by atoms with van der Waals surface area (Å²) in [4.78, 5) is 7.51. The number of anilines is 1. The van der Waals surface area contributed by atoms with Crippen LogP contribution in [0.4, 0.5) is 5.82 Å². The van der Waals surface area contributed by atoms with Crippen LogP contribution in [0.1, 0.15) is 33.3 Å². The second kappa shape index (κ2) is 6.39. The normalized spacial score (nSPS) is 11.3. The number of nitrogens with zero attached hydrogens (tertiary/aromatic N) is 2. The minimum absolute atomic E-state index is 0.342. The van der Waals surface area contributed by atoms with Crippen molar-refractivity contribution in [2.75, 3.05) is 11.4 Å². The van der Waals surface area contributed by atoms with Crippen molar-refractivity contribution < 1.29 is 0 Å². The molecule has 1 aromatic heterocycles. The highest BCUT2D eigenvalue weighted by Crippen LogP contribution is 2.26. The molecular formula is C17H23N3S. The molecule has 0 bridgehead atoms. The van der Waals surface area contributed by atoms with Crippen LogP contribution in [0.5, 0.6) is 0 Å². The Morgan fingerprint density at radius 2 is 1.90 bits per heavy atom. The molecule has 0 aliphatic heterocycles. The number of aromatic nitrogens is 1. The summed E-state index contributed by atoms with van der Waals surface area (Å²) in [5.41, 5.74) is 7.77. The highest BCUT2D eigenvalue weighted by atomic mass is 32.1. The van der Waals surface area contributed by atoms with Crippen LogP contribution in [-0.4, -0.2) is 22.6 Å². The maximum atomic E-state index is 5.94. The van der Waals surface area contributed by atoms with Gasteiger partial charge in [0.15, 0.2) is 0 Å². The van der Waals surface area contributed by atoms with Crippen molar-refractivity contribution in [2.45, 2.75) is 33.7 Å². The van der Waals surface area contributed by atoms with Gasteiger partial charge >= 0.3 is 0 Å². The second-order valence-corrected chi connectivity index (χ2v) is 6.50. The van der Waals surface area contributed by atoms with Gasteiger partial charge < -0.3 is 10.6 Å². The van der Waals surface area contributed by atoms with Crippen LogP contribution in [0.15, 0.2) is 30.3 Å². The molecule has 2 aromatic rings. The van der Waals surface area contributed by atoms with E-state index in [4.69, 9.17) is 22.9 Å². The van der Waals surface area contributed by atoms with Crippen molar-refractivity contribution in [2.24, 2.45) is 11.7 Å². The van der Waals surface area contributed by atoms with Gasteiger partial charge in [-0.25, -0.2) is 4.98 Å². The van der Waals surface area contributed by atoms with Crippen LogP contribution in [0.25, 0.3) is 10.9 Å². The SMILES string of the molecule is CC(C)CN(c1nc2ccccc2cc1C(N)=S)C(C)C. The Bertz CT molecular complexity index is 650. The molecule has 1 aromatic carbocycles. The fraction of sp³-hybridized carbons (Fsp3) is 0.412. The van der Waals surface area contributed by atoms with Crippen LogP contribution in [-0.2, 0) is 0 Å². The summed E-state index contributed by atoms with van der Waals surface area (Å²) in [5.74, 6) is 1.43. The summed E-state index contributed by atoms with van der Waals surface area (Å²) < 4.78 is 0. The lowest BCUT2D eigenvalue weighted by Gasteiger charge is -2.31. The molecule has 0 radical (unpaired) electrons. The largest absolute Gasteiger partial charge is 0.389 e. The fourth-order valence-corrected chi connectivity index (χ4v) is 2.59. The first-order valence-corrected chi connectivity index (χ1v) is 7.77. The summed E-state index contributed by atoms with van der Waals surface area (Å²) >= 11 is 5.24. The Morgan fingerprint density at radius 3 is 2.48 bits per heavy atom. The molecule has 1 heterocycles. The van der Waals surface area contributed by atoms with E-state index >= 15 is 0 Å². The zero-order valence-corrected chi connectivity index (χ0v) is 13.9. The van der Waals surface area contributed by atoms with Crippen LogP contribution in [0.3, 0.4) is 0 Å². The smallest absolute Gasteiger partial charge is 0.139 e. The van der Waals surface area contributed by atoms with E-state index in [0.717, 1.165) is 28.8 Å². The molecule has 0 saturated carbocycles. The number of para-hydroxylation sites is 1. The third kappa shape index (κ3) is 3.50. The average molecular weight is 301 g/mol. The predicted octanol–water partition coefficient (Wildman–Crippen LogP) is 3.74. The third-order valence-electron chi connectivity index (χ3n) is 3.43. The molecule has 2 N–H and O–H groups in total. The monoisotopic (exact) mass is 301 g/mol. The fourth-order valence-electron chi connectivity index (χ4n) is 2.44. The molecule has 2 rings (SSSR count). The van der Waals surface area contributed by atoms with E-state index in [0.29, 0.717) is 16.9 Å². The van der Waals surface area contributed by atoms with Gasteiger partial charge in [0.1, 0.15) is 10.8 Å². The van der Waals surface area contributed by atoms with Crippen LogP contribution < -0.4 is 10.6 Å². The lowest BCUT2D eigenvalue weighted by Crippen LogP contribution is -2.36. The third-order valence-corrected chi connectivity index (χ3v) is 3.65. The first kappa shape index (κ1) is 15.7. The molecule has 4 heteroatoms. The molecule has 0 aliphatic rings. The molecular weight excluding hydrogens is 278 g/mol. The van der Waals surface area contributed by atoms with E-state index in [2.05, 4.69) is 38.7 Å². The molecule has 0 fully saturated rings. The second-order valence-electron chi connectivity index (χ2n) is 6.06. The zero-order chi connectivity index (χ0) is 15.6. The van der Waals surface area contributed by atoms with E-state index < -0.39 is 0 Å². The number of nitrogens with two attached hydrogens (primary N) is 1. The molecule has 0 aliphatic carbocycles. The van der Waals surface area contributed by atoms with Crippen LogP contribution in [0.2, 0.25) is 0 Å². The number of hydrogen-bond acceptors (Lipinski definition) is 3.